The Bertz CT molecular complexity index is 195. The van der Waals surface area contributed by atoms with Crippen molar-refractivity contribution in [1.29, 1.82) is 0 Å². The van der Waals surface area contributed by atoms with E-state index in [1.54, 1.807) is 0 Å². The van der Waals surface area contributed by atoms with E-state index in [0.717, 1.165) is 25.5 Å². The Morgan fingerprint density at radius 2 is 1.92 bits per heavy atom. The summed E-state index contributed by atoms with van der Waals surface area (Å²) in [5, 5.41) is 0. The molecule has 0 aliphatic rings. The lowest BCUT2D eigenvalue weighted by Crippen LogP contribution is -1.83. The van der Waals surface area contributed by atoms with E-state index >= 15 is 0 Å². The van der Waals surface area contributed by atoms with Gasteiger partial charge in [-0.15, -0.1) is 0 Å². The number of rotatable bonds is 6. The van der Waals surface area contributed by atoms with Gasteiger partial charge in [0.25, 0.3) is 0 Å². The third-order valence-corrected chi connectivity index (χ3v) is 1.97. The molecule has 1 heteroatoms. The van der Waals surface area contributed by atoms with Crippen LogP contribution in [0.3, 0.4) is 0 Å². The summed E-state index contributed by atoms with van der Waals surface area (Å²) >= 11 is 0. The van der Waals surface area contributed by atoms with E-state index in [1.165, 1.54) is 11.1 Å². The lowest BCUT2D eigenvalue weighted by Gasteiger charge is -2.00. The summed E-state index contributed by atoms with van der Waals surface area (Å²) in [6.45, 7) is 6.34. The van der Waals surface area contributed by atoms with Gasteiger partial charge >= 0.3 is 0 Å². The lowest BCUT2D eigenvalue weighted by molar-refractivity contribution is -0.107. The molecule has 0 unspecified atom stereocenters. The molecule has 0 radical (unpaired) electrons. The van der Waals surface area contributed by atoms with Crippen LogP contribution in [0.15, 0.2) is 23.3 Å². The third-order valence-electron chi connectivity index (χ3n) is 1.97. The highest BCUT2D eigenvalue weighted by Crippen LogP contribution is 2.10. The Balaban J connectivity index is 3.91. The Labute approximate surface area is 81.5 Å². The maximum absolute atomic E-state index is 10.2. The number of carbonyl (C=O) groups is 1. The van der Waals surface area contributed by atoms with Crippen LogP contribution in [-0.4, -0.2) is 6.29 Å². The first-order valence-corrected chi connectivity index (χ1v) is 4.95. The minimum absolute atomic E-state index is 0.661. The zero-order valence-electron chi connectivity index (χ0n) is 8.97. The van der Waals surface area contributed by atoms with Gasteiger partial charge in [0, 0.05) is 6.42 Å². The highest BCUT2D eigenvalue weighted by atomic mass is 16.1. The number of aldehydes is 1. The Kier molecular flexibility index (Phi) is 7.27. The van der Waals surface area contributed by atoms with Gasteiger partial charge in [0.05, 0.1) is 0 Å². The Morgan fingerprint density at radius 3 is 2.38 bits per heavy atom. The van der Waals surface area contributed by atoms with E-state index in [2.05, 4.69) is 32.9 Å². The van der Waals surface area contributed by atoms with Crippen molar-refractivity contribution in [2.24, 2.45) is 0 Å². The average Bonchev–Trinajstić information content (AvgIpc) is 2.10. The highest BCUT2D eigenvalue weighted by molar-refractivity contribution is 5.49. The van der Waals surface area contributed by atoms with Crippen LogP contribution in [0.25, 0.3) is 0 Å². The molecular weight excluding hydrogens is 160 g/mol. The predicted molar refractivity (Wildman–Crippen MR) is 57.7 cm³/mol. The molecule has 0 N–H and O–H groups in total. The molecule has 0 aliphatic carbocycles. The molecule has 0 saturated heterocycles. The minimum atomic E-state index is 0.661. The van der Waals surface area contributed by atoms with Crippen molar-refractivity contribution in [3.05, 3.63) is 23.3 Å². The second-order valence-electron chi connectivity index (χ2n) is 3.44. The maximum Gasteiger partial charge on any atom is 0.120 e. The predicted octanol–water partition coefficient (Wildman–Crippen LogP) is 3.66. The summed E-state index contributed by atoms with van der Waals surface area (Å²) in [7, 11) is 0. The largest absolute Gasteiger partial charge is 0.303 e. The molecule has 74 valence electrons. The van der Waals surface area contributed by atoms with Crippen LogP contribution in [-0.2, 0) is 4.79 Å². The SMILES string of the molecule is CC/C(=C/CC=C(C)C)CCC=O. The van der Waals surface area contributed by atoms with Crippen LogP contribution in [0.4, 0.5) is 0 Å². The van der Waals surface area contributed by atoms with E-state index in [9.17, 15) is 4.79 Å². The van der Waals surface area contributed by atoms with Gasteiger partial charge in [-0.2, -0.15) is 0 Å². The lowest BCUT2D eigenvalue weighted by atomic mass is 10.1. The number of carbonyl (C=O) groups excluding carboxylic acids is 1. The van der Waals surface area contributed by atoms with Crippen molar-refractivity contribution >= 4 is 6.29 Å². The average molecular weight is 180 g/mol. The maximum atomic E-state index is 10.2. The van der Waals surface area contributed by atoms with E-state index < -0.39 is 0 Å². The summed E-state index contributed by atoms with van der Waals surface area (Å²) in [6, 6.07) is 0. The number of hydrogen-bond donors (Lipinski definition) is 0. The molecule has 1 nitrogen and oxygen atoms in total. The van der Waals surface area contributed by atoms with Gasteiger partial charge in [-0.3, -0.25) is 0 Å². The number of allylic oxidation sites excluding steroid dienone is 4. The van der Waals surface area contributed by atoms with Crippen LogP contribution in [0.5, 0.6) is 0 Å². The van der Waals surface area contributed by atoms with Gasteiger partial charge in [-0.1, -0.05) is 30.2 Å². The van der Waals surface area contributed by atoms with Gasteiger partial charge in [0.1, 0.15) is 6.29 Å². The molecule has 0 atom stereocenters. The molecular formula is C12H20O. The molecule has 0 heterocycles. The summed E-state index contributed by atoms with van der Waals surface area (Å²) in [4.78, 5) is 10.2. The topological polar surface area (TPSA) is 17.1 Å². The zero-order chi connectivity index (χ0) is 10.1. The van der Waals surface area contributed by atoms with Crippen molar-refractivity contribution in [2.75, 3.05) is 0 Å². The molecule has 0 amide bonds. The fourth-order valence-corrected chi connectivity index (χ4v) is 1.13. The van der Waals surface area contributed by atoms with Crippen molar-refractivity contribution in [3.63, 3.8) is 0 Å². The molecule has 0 bridgehead atoms. The van der Waals surface area contributed by atoms with Crippen LogP contribution < -0.4 is 0 Å². The van der Waals surface area contributed by atoms with Gasteiger partial charge < -0.3 is 4.79 Å². The smallest absolute Gasteiger partial charge is 0.120 e. The van der Waals surface area contributed by atoms with Gasteiger partial charge in [-0.25, -0.2) is 0 Å². The normalized spacial score (nSPS) is 11.2. The van der Waals surface area contributed by atoms with Gasteiger partial charge in [0.15, 0.2) is 0 Å². The fraction of sp³-hybridized carbons (Fsp3) is 0.583. The second kappa shape index (κ2) is 7.78. The summed E-state index contributed by atoms with van der Waals surface area (Å²) < 4.78 is 0. The third kappa shape index (κ3) is 7.51. The van der Waals surface area contributed by atoms with Crippen LogP contribution in [0.1, 0.15) is 46.5 Å². The molecule has 0 fully saturated rings. The summed E-state index contributed by atoms with van der Waals surface area (Å²) in [6.07, 6.45) is 9.08. The molecule has 0 aromatic heterocycles. The summed E-state index contributed by atoms with van der Waals surface area (Å²) in [5.74, 6) is 0. The Morgan fingerprint density at radius 1 is 1.23 bits per heavy atom. The molecule has 0 saturated carbocycles. The van der Waals surface area contributed by atoms with Crippen LogP contribution >= 0.6 is 0 Å². The molecule has 0 aromatic rings. The van der Waals surface area contributed by atoms with Crippen molar-refractivity contribution < 1.29 is 4.79 Å². The molecule has 0 aromatic carbocycles. The first-order chi connectivity index (χ1) is 6.20. The zero-order valence-corrected chi connectivity index (χ0v) is 8.97. The van der Waals surface area contributed by atoms with E-state index in [1.807, 2.05) is 0 Å². The van der Waals surface area contributed by atoms with Crippen molar-refractivity contribution in [1.82, 2.24) is 0 Å². The standard InChI is InChI=1S/C12H20O/c1-4-12(9-6-10-13)8-5-7-11(2)3/h7-8,10H,4-6,9H2,1-3H3/b12-8-. The van der Waals surface area contributed by atoms with E-state index in [-0.39, 0.29) is 0 Å². The molecule has 0 spiro atoms. The van der Waals surface area contributed by atoms with Gasteiger partial charge in [0.2, 0.25) is 0 Å². The van der Waals surface area contributed by atoms with E-state index in [0.29, 0.717) is 6.42 Å². The van der Waals surface area contributed by atoms with Crippen molar-refractivity contribution in [2.45, 2.75) is 46.5 Å². The second-order valence-corrected chi connectivity index (χ2v) is 3.44. The first kappa shape index (κ1) is 12.2. The number of hydrogen-bond acceptors (Lipinski definition) is 1. The van der Waals surface area contributed by atoms with Crippen LogP contribution in [0, 0.1) is 0 Å². The molecule has 0 rings (SSSR count). The molecule has 13 heavy (non-hydrogen) atoms. The first-order valence-electron chi connectivity index (χ1n) is 4.95. The van der Waals surface area contributed by atoms with Gasteiger partial charge in [-0.05, 0) is 33.1 Å². The minimum Gasteiger partial charge on any atom is -0.303 e. The monoisotopic (exact) mass is 180 g/mol. The fourth-order valence-electron chi connectivity index (χ4n) is 1.13. The van der Waals surface area contributed by atoms with Crippen molar-refractivity contribution in [3.8, 4) is 0 Å². The quantitative estimate of drug-likeness (QED) is 0.450. The van der Waals surface area contributed by atoms with Crippen LogP contribution in [0.2, 0.25) is 0 Å². The summed E-state index contributed by atoms with van der Waals surface area (Å²) in [5.41, 5.74) is 2.74. The Hall–Kier alpha value is -0.850. The molecule has 0 aliphatic heterocycles. The van der Waals surface area contributed by atoms with E-state index in [4.69, 9.17) is 0 Å². The highest BCUT2D eigenvalue weighted by Gasteiger charge is 1.92.